The Hall–Kier alpha value is -1.18. The van der Waals surface area contributed by atoms with E-state index in [4.69, 9.17) is 24.7 Å². The number of carbonyl (C=O) groups is 2. The van der Waals surface area contributed by atoms with Crippen molar-refractivity contribution in [2.24, 2.45) is 5.73 Å². The van der Waals surface area contributed by atoms with Crippen LogP contribution in [-0.4, -0.2) is 57.6 Å². The topological polar surface area (TPSA) is 97.1 Å². The predicted octanol–water partition coefficient (Wildman–Crippen LogP) is 8.06. The molecule has 0 aliphatic carbocycles. The largest absolute Gasteiger partial charge is 0.463 e. The molecule has 0 unspecified atom stereocenters. The molecular formula is C33H65NO6. The van der Waals surface area contributed by atoms with Crippen molar-refractivity contribution in [1.82, 2.24) is 0 Å². The number of esters is 2. The lowest BCUT2D eigenvalue weighted by Crippen LogP contribution is -2.33. The van der Waals surface area contributed by atoms with Gasteiger partial charge in [0.15, 0.2) is 0 Å². The van der Waals surface area contributed by atoms with Gasteiger partial charge in [-0.3, -0.25) is 9.59 Å². The van der Waals surface area contributed by atoms with Gasteiger partial charge in [-0.05, 0) is 19.3 Å². The van der Waals surface area contributed by atoms with Crippen LogP contribution in [0.5, 0.6) is 0 Å². The zero-order valence-corrected chi connectivity index (χ0v) is 26.4. The molecule has 0 aromatic rings. The molecule has 0 heterocycles. The summed E-state index contributed by atoms with van der Waals surface area (Å²) in [6, 6.07) is -0.831. The van der Waals surface area contributed by atoms with Gasteiger partial charge in [-0.25, -0.2) is 0 Å². The van der Waals surface area contributed by atoms with Gasteiger partial charge in [-0.2, -0.15) is 0 Å². The average molecular weight is 572 g/mol. The summed E-state index contributed by atoms with van der Waals surface area (Å²) in [6.45, 7) is 7.08. The summed E-state index contributed by atoms with van der Waals surface area (Å²) in [5.74, 6) is -0.874. The molecular weight excluding hydrogens is 506 g/mol. The van der Waals surface area contributed by atoms with Crippen molar-refractivity contribution >= 4 is 11.9 Å². The van der Waals surface area contributed by atoms with Crippen molar-refractivity contribution in [2.45, 2.75) is 161 Å². The summed E-state index contributed by atoms with van der Waals surface area (Å²) in [5, 5.41) is 0. The summed E-state index contributed by atoms with van der Waals surface area (Å²) >= 11 is 0. The smallest absolute Gasteiger partial charge is 0.323 e. The summed E-state index contributed by atoms with van der Waals surface area (Å²) < 4.78 is 21.4. The fourth-order valence-electron chi connectivity index (χ4n) is 4.57. The number of nitrogens with two attached hydrogens (primary N) is 1. The fourth-order valence-corrected chi connectivity index (χ4v) is 4.57. The number of ether oxygens (including phenoxy) is 4. The van der Waals surface area contributed by atoms with Crippen LogP contribution in [-0.2, 0) is 28.5 Å². The van der Waals surface area contributed by atoms with Gasteiger partial charge >= 0.3 is 11.9 Å². The van der Waals surface area contributed by atoms with E-state index in [1.165, 1.54) is 116 Å². The van der Waals surface area contributed by atoms with E-state index in [1.54, 1.807) is 0 Å². The Morgan fingerprint density at radius 1 is 0.500 bits per heavy atom. The van der Waals surface area contributed by atoms with Crippen molar-refractivity contribution in [3.05, 3.63) is 0 Å². The molecule has 0 saturated carbocycles. The fraction of sp³-hybridized carbons (Fsp3) is 0.939. The first-order valence-electron chi connectivity index (χ1n) is 16.8. The Bertz CT molecular complexity index is 545. The summed E-state index contributed by atoms with van der Waals surface area (Å²) in [6.07, 6.45) is 26.1. The van der Waals surface area contributed by atoms with Crippen LogP contribution in [0.25, 0.3) is 0 Å². The molecule has 0 saturated heterocycles. The van der Waals surface area contributed by atoms with Crippen molar-refractivity contribution in [3.8, 4) is 0 Å². The minimum Gasteiger partial charge on any atom is -0.463 e. The van der Waals surface area contributed by atoms with Crippen molar-refractivity contribution in [3.63, 3.8) is 0 Å². The third-order valence-corrected chi connectivity index (χ3v) is 7.21. The molecule has 40 heavy (non-hydrogen) atoms. The number of rotatable bonds is 32. The minimum absolute atomic E-state index is 0.0873. The van der Waals surface area contributed by atoms with Crippen LogP contribution >= 0.6 is 0 Å². The standard InChI is InChI=1S/C33H65NO6/c1-3-5-7-9-11-13-15-17-19-21-25-37-27-29-39-32(35)24-23-31(34)33(36)40-30-28-38-26-22-20-18-16-14-12-10-8-6-4-2/h31H,3-30,34H2,1-2H3/t31-/m0/s1. The second kappa shape index (κ2) is 32.3. The Kier molecular flexibility index (Phi) is 31.4. The zero-order chi connectivity index (χ0) is 29.4. The molecule has 0 aliphatic rings. The molecule has 2 N–H and O–H groups in total. The van der Waals surface area contributed by atoms with Gasteiger partial charge in [0, 0.05) is 19.6 Å². The Morgan fingerprint density at radius 2 is 0.875 bits per heavy atom. The van der Waals surface area contributed by atoms with Crippen molar-refractivity contribution < 1.29 is 28.5 Å². The average Bonchev–Trinajstić information content (AvgIpc) is 2.96. The number of hydrogen-bond donors (Lipinski definition) is 1. The molecule has 0 rings (SSSR count). The minimum atomic E-state index is -0.831. The highest BCUT2D eigenvalue weighted by molar-refractivity contribution is 5.77. The third-order valence-electron chi connectivity index (χ3n) is 7.21. The van der Waals surface area contributed by atoms with E-state index in [9.17, 15) is 9.59 Å². The first kappa shape index (κ1) is 38.8. The zero-order valence-electron chi connectivity index (χ0n) is 26.4. The second-order valence-electron chi connectivity index (χ2n) is 11.1. The Balaban J connectivity index is 3.40. The molecule has 0 aliphatic heterocycles. The first-order chi connectivity index (χ1) is 19.6. The molecule has 7 nitrogen and oxygen atoms in total. The number of hydrogen-bond acceptors (Lipinski definition) is 7. The molecule has 0 radical (unpaired) electrons. The van der Waals surface area contributed by atoms with Gasteiger partial charge in [0.2, 0.25) is 0 Å². The molecule has 238 valence electrons. The van der Waals surface area contributed by atoms with Crippen LogP contribution in [0, 0.1) is 0 Å². The van der Waals surface area contributed by atoms with Crippen LogP contribution < -0.4 is 5.73 Å². The molecule has 0 fully saturated rings. The molecule has 0 aromatic heterocycles. The van der Waals surface area contributed by atoms with Crippen molar-refractivity contribution in [2.75, 3.05) is 39.6 Å². The van der Waals surface area contributed by atoms with Crippen LogP contribution in [0.1, 0.15) is 155 Å². The predicted molar refractivity (Wildman–Crippen MR) is 164 cm³/mol. The SMILES string of the molecule is CCCCCCCCCCCCOCCOC(=O)CC[C@H](N)C(=O)OCCOCCCCCCCCCCCC. The molecule has 7 heteroatoms. The van der Waals surface area contributed by atoms with Gasteiger partial charge in [0.05, 0.1) is 13.2 Å². The summed E-state index contributed by atoms with van der Waals surface area (Å²) in [4.78, 5) is 23.9. The Morgan fingerprint density at radius 3 is 1.30 bits per heavy atom. The lowest BCUT2D eigenvalue weighted by Gasteiger charge is -2.12. The van der Waals surface area contributed by atoms with Gasteiger partial charge in [-0.15, -0.1) is 0 Å². The molecule has 0 bridgehead atoms. The quantitative estimate of drug-likeness (QED) is 0.0644. The molecule has 0 amide bonds. The number of carbonyl (C=O) groups excluding carboxylic acids is 2. The van der Waals surface area contributed by atoms with Crippen LogP contribution in [0.4, 0.5) is 0 Å². The lowest BCUT2D eigenvalue weighted by atomic mass is 10.1. The molecule has 0 aromatic carbocycles. The lowest BCUT2D eigenvalue weighted by molar-refractivity contribution is -0.148. The Labute approximate surface area is 247 Å². The first-order valence-corrected chi connectivity index (χ1v) is 16.8. The van der Waals surface area contributed by atoms with E-state index in [-0.39, 0.29) is 32.0 Å². The van der Waals surface area contributed by atoms with E-state index in [0.29, 0.717) is 26.4 Å². The maximum absolute atomic E-state index is 12.0. The maximum Gasteiger partial charge on any atom is 0.323 e. The molecule has 0 spiro atoms. The van der Waals surface area contributed by atoms with Gasteiger partial charge < -0.3 is 24.7 Å². The van der Waals surface area contributed by atoms with Crippen molar-refractivity contribution in [1.29, 1.82) is 0 Å². The highest BCUT2D eigenvalue weighted by Crippen LogP contribution is 2.11. The van der Waals surface area contributed by atoms with E-state index >= 15 is 0 Å². The van der Waals surface area contributed by atoms with Crippen LogP contribution in [0.2, 0.25) is 0 Å². The van der Waals surface area contributed by atoms with Gasteiger partial charge in [0.1, 0.15) is 19.3 Å². The summed E-state index contributed by atoms with van der Waals surface area (Å²) in [5.41, 5.74) is 5.85. The maximum atomic E-state index is 12.0. The van der Waals surface area contributed by atoms with E-state index in [2.05, 4.69) is 13.8 Å². The third kappa shape index (κ3) is 29.8. The van der Waals surface area contributed by atoms with E-state index < -0.39 is 12.0 Å². The highest BCUT2D eigenvalue weighted by atomic mass is 16.6. The summed E-state index contributed by atoms with van der Waals surface area (Å²) in [7, 11) is 0. The number of unbranched alkanes of at least 4 members (excludes halogenated alkanes) is 18. The normalized spacial score (nSPS) is 12.0. The van der Waals surface area contributed by atoms with E-state index in [1.807, 2.05) is 0 Å². The second-order valence-corrected chi connectivity index (χ2v) is 11.1. The highest BCUT2D eigenvalue weighted by Gasteiger charge is 2.17. The molecule has 1 atom stereocenters. The monoisotopic (exact) mass is 571 g/mol. The van der Waals surface area contributed by atoms with Gasteiger partial charge in [-0.1, -0.05) is 129 Å². The van der Waals surface area contributed by atoms with Crippen LogP contribution in [0.3, 0.4) is 0 Å². The van der Waals surface area contributed by atoms with E-state index in [0.717, 1.165) is 12.8 Å². The van der Waals surface area contributed by atoms with Gasteiger partial charge in [0.25, 0.3) is 0 Å². The van der Waals surface area contributed by atoms with Crippen LogP contribution in [0.15, 0.2) is 0 Å².